The summed E-state index contributed by atoms with van der Waals surface area (Å²) in [6, 6.07) is 4.68. The van der Waals surface area contributed by atoms with Crippen molar-refractivity contribution in [1.29, 1.82) is 0 Å². The molecule has 2 N–H and O–H groups in total. The van der Waals surface area contributed by atoms with Crippen molar-refractivity contribution in [3.8, 4) is 0 Å². The average Bonchev–Trinajstić information content (AvgIpc) is 2.55. The van der Waals surface area contributed by atoms with E-state index in [4.69, 9.17) is 9.11 Å². The van der Waals surface area contributed by atoms with Gasteiger partial charge in [-0.1, -0.05) is 24.3 Å². The van der Waals surface area contributed by atoms with Crippen LogP contribution in [0.1, 0.15) is 11.1 Å². The third kappa shape index (κ3) is 5.15. The van der Waals surface area contributed by atoms with Gasteiger partial charge in [0.1, 0.15) is 13.2 Å². The van der Waals surface area contributed by atoms with Crippen molar-refractivity contribution in [2.75, 3.05) is 0 Å². The van der Waals surface area contributed by atoms with Crippen molar-refractivity contribution < 1.29 is 62.6 Å². The maximum absolute atomic E-state index is 13.1. The minimum Gasteiger partial charge on any atom is -0.455 e. The molecule has 158 valence electrons. The van der Waals surface area contributed by atoms with E-state index in [1.807, 2.05) is 0 Å². The largest absolute Gasteiger partial charge is 0.465 e. The number of carbonyl (C=O) groups excluding carboxylic acids is 2. The number of hydrogen-bond acceptors (Lipinski definition) is 8. The SMILES string of the molecule is O=C(OCc1ccccc1COC(=O)C(F)(F)S(=O)(=O)O)C(F)(F)S(=O)(=O)O. The summed E-state index contributed by atoms with van der Waals surface area (Å²) in [6.45, 7) is -2.10. The molecule has 0 bridgehead atoms. The molecule has 0 amide bonds. The smallest absolute Gasteiger partial charge is 0.455 e. The number of halogens is 4. The molecule has 0 fully saturated rings. The zero-order valence-corrected chi connectivity index (χ0v) is 14.8. The molecule has 0 saturated carbocycles. The highest BCUT2D eigenvalue weighted by atomic mass is 32.2. The lowest BCUT2D eigenvalue weighted by molar-refractivity contribution is -0.164. The Morgan fingerprint density at radius 1 is 0.786 bits per heavy atom. The van der Waals surface area contributed by atoms with E-state index < -0.39 is 55.9 Å². The number of hydrogen-bond donors (Lipinski definition) is 2. The highest BCUT2D eigenvalue weighted by Crippen LogP contribution is 2.25. The minimum atomic E-state index is -6.11. The van der Waals surface area contributed by atoms with Crippen molar-refractivity contribution in [2.45, 2.75) is 23.7 Å². The number of alkyl halides is 4. The normalized spacial score (nSPS) is 13.1. The second-order valence-corrected chi connectivity index (χ2v) is 7.83. The quantitative estimate of drug-likeness (QED) is 0.325. The van der Waals surface area contributed by atoms with E-state index in [1.165, 1.54) is 12.1 Å². The second-order valence-electron chi connectivity index (χ2n) is 4.90. The summed E-state index contributed by atoms with van der Waals surface area (Å²) < 4.78 is 119. The first kappa shape index (κ1) is 23.7. The predicted molar refractivity (Wildman–Crippen MR) is 79.0 cm³/mol. The van der Waals surface area contributed by atoms with Gasteiger partial charge in [0.15, 0.2) is 0 Å². The first-order chi connectivity index (χ1) is 12.5. The molecule has 16 heteroatoms. The fourth-order valence-electron chi connectivity index (χ4n) is 1.50. The zero-order chi connectivity index (χ0) is 22.0. The molecule has 0 aliphatic carbocycles. The molecule has 0 radical (unpaired) electrons. The van der Waals surface area contributed by atoms with Crippen LogP contribution in [0.2, 0.25) is 0 Å². The standard InChI is InChI=1S/C12H10F4O10S2/c13-11(14,27(19,20)21)9(17)25-5-7-3-1-2-4-8(7)6-26-10(18)12(15,16)28(22,23)24/h1-4H,5-6H2,(H,19,20,21)(H,22,23,24). The monoisotopic (exact) mass is 454 g/mol. The lowest BCUT2D eigenvalue weighted by Gasteiger charge is -2.15. The minimum absolute atomic E-state index is 0.218. The van der Waals surface area contributed by atoms with Gasteiger partial charge in [0.25, 0.3) is 0 Å². The summed E-state index contributed by atoms with van der Waals surface area (Å²) in [7, 11) is -12.2. The number of ether oxygens (including phenoxy) is 2. The Morgan fingerprint density at radius 2 is 1.07 bits per heavy atom. The molecule has 0 spiro atoms. The van der Waals surface area contributed by atoms with Crippen LogP contribution in [-0.2, 0) is 52.5 Å². The molecule has 0 aromatic heterocycles. The van der Waals surface area contributed by atoms with E-state index in [9.17, 15) is 44.0 Å². The number of benzene rings is 1. The Morgan fingerprint density at radius 3 is 1.32 bits per heavy atom. The molecule has 0 unspecified atom stereocenters. The van der Waals surface area contributed by atoms with Crippen LogP contribution in [-0.4, -0.2) is 48.4 Å². The fraction of sp³-hybridized carbons (Fsp3) is 0.333. The third-order valence-electron chi connectivity index (χ3n) is 2.96. The van der Waals surface area contributed by atoms with Gasteiger partial charge < -0.3 is 9.47 Å². The lowest BCUT2D eigenvalue weighted by atomic mass is 10.1. The van der Waals surface area contributed by atoms with E-state index in [0.29, 0.717) is 0 Å². The van der Waals surface area contributed by atoms with Crippen LogP contribution in [0, 0.1) is 0 Å². The number of rotatable bonds is 8. The van der Waals surface area contributed by atoms with Crippen molar-refractivity contribution in [3.05, 3.63) is 35.4 Å². The molecular weight excluding hydrogens is 444 g/mol. The van der Waals surface area contributed by atoms with Gasteiger partial charge in [0.2, 0.25) is 0 Å². The van der Waals surface area contributed by atoms with Gasteiger partial charge in [-0.3, -0.25) is 9.11 Å². The van der Waals surface area contributed by atoms with Gasteiger partial charge in [-0.2, -0.15) is 34.4 Å². The first-order valence-corrected chi connectivity index (χ1v) is 9.50. The molecule has 0 aliphatic rings. The second kappa shape index (κ2) is 7.98. The van der Waals surface area contributed by atoms with Crippen LogP contribution in [0.4, 0.5) is 17.6 Å². The van der Waals surface area contributed by atoms with Crippen molar-refractivity contribution in [3.63, 3.8) is 0 Å². The van der Waals surface area contributed by atoms with Gasteiger partial charge in [0.05, 0.1) is 0 Å². The van der Waals surface area contributed by atoms with Crippen molar-refractivity contribution in [1.82, 2.24) is 0 Å². The maximum atomic E-state index is 13.1. The fourth-order valence-corrected chi connectivity index (χ4v) is 2.04. The Labute approximate surface area is 154 Å². The van der Waals surface area contributed by atoms with E-state index in [1.54, 1.807) is 0 Å². The molecule has 1 aromatic carbocycles. The van der Waals surface area contributed by atoms with Crippen LogP contribution < -0.4 is 0 Å². The van der Waals surface area contributed by atoms with Crippen LogP contribution in [0.15, 0.2) is 24.3 Å². The molecular formula is C12H10F4O10S2. The van der Waals surface area contributed by atoms with Crippen LogP contribution in [0.5, 0.6) is 0 Å². The topological polar surface area (TPSA) is 161 Å². The van der Waals surface area contributed by atoms with Crippen LogP contribution in [0.3, 0.4) is 0 Å². The Bertz CT molecular complexity index is 893. The summed E-state index contributed by atoms with van der Waals surface area (Å²) in [6.07, 6.45) is 0. The zero-order valence-electron chi connectivity index (χ0n) is 13.2. The molecule has 0 heterocycles. The average molecular weight is 454 g/mol. The molecule has 0 aliphatic heterocycles. The first-order valence-electron chi connectivity index (χ1n) is 6.62. The Hall–Kier alpha value is -2.30. The van der Waals surface area contributed by atoms with E-state index in [-0.39, 0.29) is 11.1 Å². The lowest BCUT2D eigenvalue weighted by Crippen LogP contribution is -2.39. The van der Waals surface area contributed by atoms with E-state index in [2.05, 4.69) is 9.47 Å². The molecule has 28 heavy (non-hydrogen) atoms. The van der Waals surface area contributed by atoms with E-state index >= 15 is 0 Å². The third-order valence-corrected chi connectivity index (χ3v) is 4.59. The molecule has 1 rings (SSSR count). The summed E-state index contributed by atoms with van der Waals surface area (Å²) in [5, 5.41) is -10.5. The van der Waals surface area contributed by atoms with Crippen molar-refractivity contribution >= 4 is 32.2 Å². The molecule has 1 aromatic rings. The van der Waals surface area contributed by atoms with Gasteiger partial charge in [-0.25, -0.2) is 9.59 Å². The van der Waals surface area contributed by atoms with Gasteiger partial charge in [0, 0.05) is 0 Å². The Kier molecular flexibility index (Phi) is 6.76. The van der Waals surface area contributed by atoms with Gasteiger partial charge in [-0.15, -0.1) is 0 Å². The summed E-state index contributed by atoms with van der Waals surface area (Å²) in [4.78, 5) is 22.2. The van der Waals surface area contributed by atoms with E-state index in [0.717, 1.165) is 12.1 Å². The number of esters is 2. The molecule has 0 saturated heterocycles. The Balaban J connectivity index is 2.90. The van der Waals surface area contributed by atoms with Crippen LogP contribution in [0.25, 0.3) is 0 Å². The van der Waals surface area contributed by atoms with Crippen molar-refractivity contribution in [2.24, 2.45) is 0 Å². The van der Waals surface area contributed by atoms with Crippen LogP contribution >= 0.6 is 0 Å². The van der Waals surface area contributed by atoms with Gasteiger partial charge in [-0.05, 0) is 11.1 Å². The summed E-state index contributed by atoms with van der Waals surface area (Å²) in [5.74, 6) is -5.28. The van der Waals surface area contributed by atoms with Gasteiger partial charge >= 0.3 is 42.7 Å². The maximum Gasteiger partial charge on any atom is 0.465 e. The summed E-state index contributed by atoms with van der Waals surface area (Å²) in [5.41, 5.74) is -0.435. The number of carbonyl (C=O) groups is 2. The predicted octanol–water partition coefficient (Wildman–Crippen LogP) is 0.734. The summed E-state index contributed by atoms with van der Waals surface area (Å²) >= 11 is 0. The highest BCUT2D eigenvalue weighted by molar-refractivity contribution is 7.88. The molecule has 10 nitrogen and oxygen atoms in total. The highest BCUT2D eigenvalue weighted by Gasteiger charge is 2.55. The molecule has 0 atom stereocenters.